The number of aryl methyl sites for hydroxylation is 1. The fourth-order valence-corrected chi connectivity index (χ4v) is 4.32. The van der Waals surface area contributed by atoms with Crippen molar-refractivity contribution >= 4 is 17.2 Å². The summed E-state index contributed by atoms with van der Waals surface area (Å²) in [6.45, 7) is 2.93. The van der Waals surface area contributed by atoms with Gasteiger partial charge in [-0.1, -0.05) is 11.6 Å². The van der Waals surface area contributed by atoms with Crippen molar-refractivity contribution in [2.45, 2.75) is 64.3 Å². The van der Waals surface area contributed by atoms with Gasteiger partial charge in [0, 0.05) is 24.0 Å². The number of rotatable bonds is 3. The first-order chi connectivity index (χ1) is 10.2. The summed E-state index contributed by atoms with van der Waals surface area (Å²) < 4.78 is 0. The Balaban J connectivity index is 1.71. The molecule has 21 heavy (non-hydrogen) atoms. The van der Waals surface area contributed by atoms with Gasteiger partial charge in [-0.05, 0) is 51.9 Å². The number of carbonyl (C=O) groups is 1. The number of hydrogen-bond donors (Lipinski definition) is 0. The minimum atomic E-state index is 0.217. The van der Waals surface area contributed by atoms with Gasteiger partial charge < -0.3 is 4.90 Å². The predicted molar refractivity (Wildman–Crippen MR) is 86.3 cm³/mol. The van der Waals surface area contributed by atoms with Crippen LogP contribution in [0.3, 0.4) is 0 Å². The van der Waals surface area contributed by atoms with Crippen LogP contribution in [-0.4, -0.2) is 22.3 Å². The number of allylic oxidation sites excluding steroid dienone is 1. The second-order valence-corrected chi connectivity index (χ2v) is 7.10. The molecule has 2 heterocycles. The zero-order chi connectivity index (χ0) is 14.7. The van der Waals surface area contributed by atoms with Gasteiger partial charge in [-0.15, -0.1) is 11.3 Å². The zero-order valence-electron chi connectivity index (χ0n) is 12.8. The normalized spacial score (nSPS) is 23.0. The lowest BCUT2D eigenvalue weighted by atomic mass is 9.95. The van der Waals surface area contributed by atoms with Gasteiger partial charge in [0.25, 0.3) is 0 Å². The van der Waals surface area contributed by atoms with Crippen molar-refractivity contribution in [1.29, 1.82) is 0 Å². The number of carbonyl (C=O) groups excluding carboxylic acids is 1. The number of amides is 1. The minimum Gasteiger partial charge on any atom is -0.333 e. The molecular formula is C17H24N2OS. The van der Waals surface area contributed by atoms with E-state index in [0.29, 0.717) is 12.3 Å². The molecule has 1 amide bonds. The van der Waals surface area contributed by atoms with Crippen molar-refractivity contribution in [1.82, 2.24) is 9.88 Å². The van der Waals surface area contributed by atoms with E-state index in [9.17, 15) is 4.79 Å². The molecule has 1 saturated heterocycles. The first kappa shape index (κ1) is 14.8. The highest BCUT2D eigenvalue weighted by molar-refractivity contribution is 7.09. The number of thiazole rings is 1. The van der Waals surface area contributed by atoms with E-state index >= 15 is 0 Å². The van der Waals surface area contributed by atoms with Crippen molar-refractivity contribution in [3.8, 4) is 0 Å². The zero-order valence-corrected chi connectivity index (χ0v) is 13.6. The summed E-state index contributed by atoms with van der Waals surface area (Å²) in [5, 5.41) is 3.22. The van der Waals surface area contributed by atoms with Crippen LogP contribution < -0.4 is 0 Å². The van der Waals surface area contributed by atoms with E-state index in [1.54, 1.807) is 11.3 Å². The number of hydrogen-bond acceptors (Lipinski definition) is 3. The second-order valence-electron chi connectivity index (χ2n) is 6.21. The van der Waals surface area contributed by atoms with Crippen molar-refractivity contribution in [3.05, 3.63) is 27.7 Å². The average molecular weight is 304 g/mol. The molecule has 3 nitrogen and oxygen atoms in total. The molecule has 0 aromatic carbocycles. The van der Waals surface area contributed by atoms with Crippen molar-refractivity contribution < 1.29 is 4.79 Å². The van der Waals surface area contributed by atoms with Crippen LogP contribution in [0, 0.1) is 6.92 Å². The Bertz CT molecular complexity index is 535. The fraction of sp³-hybridized carbons (Fsp3) is 0.647. The van der Waals surface area contributed by atoms with Crippen LogP contribution in [0.4, 0.5) is 0 Å². The predicted octanol–water partition coefficient (Wildman–Crippen LogP) is 4.40. The summed E-state index contributed by atoms with van der Waals surface area (Å²) in [6.07, 6.45) is 11.1. The van der Waals surface area contributed by atoms with Crippen LogP contribution in [0.1, 0.15) is 68.1 Å². The van der Waals surface area contributed by atoms with Crippen molar-refractivity contribution in [3.63, 3.8) is 0 Å². The Hall–Kier alpha value is -1.16. The van der Waals surface area contributed by atoms with Gasteiger partial charge in [-0.3, -0.25) is 4.79 Å². The SMILES string of the molecule is Cc1csc([C@@H]2CCCCN2C(=O)CC2=CCCCC2)n1. The summed E-state index contributed by atoms with van der Waals surface area (Å²) in [4.78, 5) is 19.4. The molecule has 1 fully saturated rings. The summed E-state index contributed by atoms with van der Waals surface area (Å²) in [5.74, 6) is 0.306. The Labute approximate surface area is 131 Å². The van der Waals surface area contributed by atoms with Crippen LogP contribution >= 0.6 is 11.3 Å². The Morgan fingerprint density at radius 1 is 1.38 bits per heavy atom. The fourth-order valence-electron chi connectivity index (χ4n) is 3.37. The van der Waals surface area contributed by atoms with Crippen LogP contribution in [-0.2, 0) is 4.79 Å². The quantitative estimate of drug-likeness (QED) is 0.776. The largest absolute Gasteiger partial charge is 0.333 e. The third-order valence-corrected chi connectivity index (χ3v) is 5.57. The maximum atomic E-state index is 12.7. The molecule has 0 radical (unpaired) electrons. The van der Waals surface area contributed by atoms with Gasteiger partial charge in [-0.25, -0.2) is 4.98 Å². The summed E-state index contributed by atoms with van der Waals surface area (Å²) in [7, 11) is 0. The Kier molecular flexibility index (Phi) is 4.73. The van der Waals surface area contributed by atoms with Gasteiger partial charge in [0.05, 0.1) is 6.04 Å². The summed E-state index contributed by atoms with van der Waals surface area (Å²) in [6, 6.07) is 0.217. The van der Waals surface area contributed by atoms with Crippen LogP contribution in [0.2, 0.25) is 0 Å². The molecule has 0 unspecified atom stereocenters. The number of piperidine rings is 1. The third kappa shape index (κ3) is 3.54. The molecule has 1 aliphatic heterocycles. The average Bonchev–Trinajstić information content (AvgIpc) is 2.95. The molecule has 1 aromatic rings. The van der Waals surface area contributed by atoms with E-state index in [1.807, 2.05) is 6.92 Å². The highest BCUT2D eigenvalue weighted by Crippen LogP contribution is 2.34. The van der Waals surface area contributed by atoms with E-state index in [2.05, 4.69) is 21.3 Å². The molecule has 1 atom stereocenters. The van der Waals surface area contributed by atoms with Gasteiger partial charge in [-0.2, -0.15) is 0 Å². The van der Waals surface area contributed by atoms with Crippen LogP contribution in [0.5, 0.6) is 0 Å². The maximum Gasteiger partial charge on any atom is 0.227 e. The van der Waals surface area contributed by atoms with E-state index in [-0.39, 0.29) is 6.04 Å². The molecule has 2 aliphatic rings. The number of nitrogens with zero attached hydrogens (tertiary/aromatic N) is 2. The Morgan fingerprint density at radius 2 is 2.29 bits per heavy atom. The van der Waals surface area contributed by atoms with Crippen molar-refractivity contribution in [2.75, 3.05) is 6.54 Å². The molecule has 1 aliphatic carbocycles. The monoisotopic (exact) mass is 304 g/mol. The van der Waals surface area contributed by atoms with Crippen LogP contribution in [0.25, 0.3) is 0 Å². The lowest BCUT2D eigenvalue weighted by Gasteiger charge is -2.35. The van der Waals surface area contributed by atoms with Gasteiger partial charge in [0.15, 0.2) is 0 Å². The highest BCUT2D eigenvalue weighted by atomic mass is 32.1. The smallest absolute Gasteiger partial charge is 0.227 e. The molecule has 0 bridgehead atoms. The topological polar surface area (TPSA) is 33.2 Å². The third-order valence-electron chi connectivity index (χ3n) is 4.51. The first-order valence-electron chi connectivity index (χ1n) is 8.13. The molecule has 0 saturated carbocycles. The van der Waals surface area contributed by atoms with Gasteiger partial charge in [0.1, 0.15) is 5.01 Å². The van der Waals surface area contributed by atoms with E-state index in [0.717, 1.165) is 42.9 Å². The van der Waals surface area contributed by atoms with E-state index < -0.39 is 0 Å². The molecule has 1 aromatic heterocycles. The second kappa shape index (κ2) is 6.73. The number of likely N-dealkylation sites (tertiary alicyclic amines) is 1. The minimum absolute atomic E-state index is 0.217. The van der Waals surface area contributed by atoms with Gasteiger partial charge in [0.2, 0.25) is 5.91 Å². The van der Waals surface area contributed by atoms with Crippen LogP contribution in [0.15, 0.2) is 17.0 Å². The molecular weight excluding hydrogens is 280 g/mol. The highest BCUT2D eigenvalue weighted by Gasteiger charge is 2.30. The van der Waals surface area contributed by atoms with E-state index in [4.69, 9.17) is 0 Å². The van der Waals surface area contributed by atoms with Gasteiger partial charge >= 0.3 is 0 Å². The lowest BCUT2D eigenvalue weighted by Crippen LogP contribution is -2.38. The van der Waals surface area contributed by atoms with E-state index in [1.165, 1.54) is 24.8 Å². The first-order valence-corrected chi connectivity index (χ1v) is 9.01. The summed E-state index contributed by atoms with van der Waals surface area (Å²) in [5.41, 5.74) is 2.42. The standard InChI is InChI=1S/C17H24N2OS/c1-13-12-21-17(18-13)15-9-5-6-10-19(15)16(20)11-14-7-3-2-4-8-14/h7,12,15H,2-6,8-11H2,1H3/t15-/m0/s1. The molecule has 0 N–H and O–H groups in total. The number of aromatic nitrogens is 1. The molecule has 114 valence electrons. The molecule has 4 heteroatoms. The molecule has 0 spiro atoms. The molecule has 3 rings (SSSR count). The Morgan fingerprint density at radius 3 is 3.00 bits per heavy atom. The summed E-state index contributed by atoms with van der Waals surface area (Å²) >= 11 is 1.70. The lowest BCUT2D eigenvalue weighted by molar-refractivity contribution is -0.134. The maximum absolute atomic E-state index is 12.7. The van der Waals surface area contributed by atoms with Crippen molar-refractivity contribution in [2.24, 2.45) is 0 Å².